The van der Waals surface area contributed by atoms with Crippen molar-refractivity contribution in [1.82, 2.24) is 15.5 Å². The summed E-state index contributed by atoms with van der Waals surface area (Å²) in [6.07, 6.45) is 0. The minimum Gasteiger partial charge on any atom is -0.492 e. The molecule has 0 amide bonds. The van der Waals surface area contributed by atoms with Crippen molar-refractivity contribution in [3.63, 3.8) is 0 Å². The van der Waals surface area contributed by atoms with Gasteiger partial charge >= 0.3 is 0 Å². The monoisotopic (exact) mass is 490 g/mol. The topological polar surface area (TPSA) is 58.1 Å². The van der Waals surface area contributed by atoms with Gasteiger partial charge < -0.3 is 20.1 Å². The van der Waals surface area contributed by atoms with Crippen LogP contribution in [-0.2, 0) is 11.3 Å². The standard InChI is InChI=1S/C20H34N4O2.HI/c1-4-21-20(22-15-17(2)3)23-16-18-6-5-7-19(14-18)26-13-10-24-8-11-25-12-9-24;/h5-7,14,17H,4,8-13,15-16H2,1-3H3,(H2,21,22,23);1H. The van der Waals surface area contributed by atoms with E-state index in [0.29, 0.717) is 19.1 Å². The third-order valence-electron chi connectivity index (χ3n) is 4.12. The van der Waals surface area contributed by atoms with Crippen LogP contribution in [0.2, 0.25) is 0 Å². The molecule has 1 heterocycles. The van der Waals surface area contributed by atoms with E-state index in [4.69, 9.17) is 9.47 Å². The van der Waals surface area contributed by atoms with Crippen molar-refractivity contribution in [3.8, 4) is 5.75 Å². The number of nitrogens with zero attached hydrogens (tertiary/aromatic N) is 2. The molecule has 0 saturated carbocycles. The molecule has 2 rings (SSSR count). The molecule has 1 aromatic rings. The summed E-state index contributed by atoms with van der Waals surface area (Å²) in [4.78, 5) is 7.04. The largest absolute Gasteiger partial charge is 0.492 e. The smallest absolute Gasteiger partial charge is 0.191 e. The molecule has 154 valence electrons. The third kappa shape index (κ3) is 10.2. The molecule has 0 aliphatic carbocycles. The van der Waals surface area contributed by atoms with Gasteiger partial charge in [0.1, 0.15) is 12.4 Å². The first-order valence-corrected chi connectivity index (χ1v) is 9.71. The average molecular weight is 490 g/mol. The summed E-state index contributed by atoms with van der Waals surface area (Å²) in [7, 11) is 0. The van der Waals surface area contributed by atoms with Crippen LogP contribution in [0, 0.1) is 5.92 Å². The van der Waals surface area contributed by atoms with Gasteiger partial charge in [0.15, 0.2) is 5.96 Å². The molecule has 7 heteroatoms. The summed E-state index contributed by atoms with van der Waals surface area (Å²) < 4.78 is 11.3. The first kappa shape index (κ1) is 24.0. The molecular weight excluding hydrogens is 455 g/mol. The Balaban J connectivity index is 0.00000364. The van der Waals surface area contributed by atoms with Crippen molar-refractivity contribution >= 4 is 29.9 Å². The maximum Gasteiger partial charge on any atom is 0.191 e. The maximum atomic E-state index is 5.92. The van der Waals surface area contributed by atoms with E-state index >= 15 is 0 Å². The molecule has 0 unspecified atom stereocenters. The van der Waals surface area contributed by atoms with Crippen molar-refractivity contribution < 1.29 is 9.47 Å². The molecule has 0 spiro atoms. The van der Waals surface area contributed by atoms with Crippen molar-refractivity contribution in [2.75, 3.05) is 52.5 Å². The molecule has 0 bridgehead atoms. The number of ether oxygens (including phenoxy) is 2. The van der Waals surface area contributed by atoms with E-state index in [9.17, 15) is 0 Å². The van der Waals surface area contributed by atoms with Crippen LogP contribution in [0.4, 0.5) is 0 Å². The Bertz CT molecular complexity index is 549. The SMILES string of the molecule is CCNC(=NCc1cccc(OCCN2CCOCC2)c1)NCC(C)C.I. The van der Waals surface area contributed by atoms with E-state index in [1.807, 2.05) is 12.1 Å². The van der Waals surface area contributed by atoms with Crippen LogP contribution in [-0.4, -0.2) is 63.4 Å². The van der Waals surface area contributed by atoms with Crippen LogP contribution in [0.15, 0.2) is 29.3 Å². The van der Waals surface area contributed by atoms with E-state index in [1.54, 1.807) is 0 Å². The Labute approximate surface area is 181 Å². The molecule has 1 aliphatic heterocycles. The third-order valence-corrected chi connectivity index (χ3v) is 4.12. The van der Waals surface area contributed by atoms with E-state index in [1.165, 1.54) is 0 Å². The summed E-state index contributed by atoms with van der Waals surface area (Å²) >= 11 is 0. The van der Waals surface area contributed by atoms with E-state index in [-0.39, 0.29) is 24.0 Å². The Morgan fingerprint density at radius 1 is 1.26 bits per heavy atom. The second-order valence-electron chi connectivity index (χ2n) is 6.92. The number of aliphatic imine (C=N–C) groups is 1. The number of halogens is 1. The number of rotatable bonds is 9. The van der Waals surface area contributed by atoms with Crippen molar-refractivity contribution in [3.05, 3.63) is 29.8 Å². The lowest BCUT2D eigenvalue weighted by atomic mass is 10.2. The zero-order valence-corrected chi connectivity index (χ0v) is 19.2. The highest BCUT2D eigenvalue weighted by Crippen LogP contribution is 2.14. The number of hydrogen-bond acceptors (Lipinski definition) is 4. The van der Waals surface area contributed by atoms with E-state index in [0.717, 1.165) is 63.2 Å². The first-order chi connectivity index (χ1) is 12.7. The fraction of sp³-hybridized carbons (Fsp3) is 0.650. The molecule has 27 heavy (non-hydrogen) atoms. The van der Waals surface area contributed by atoms with Gasteiger partial charge in [-0.2, -0.15) is 0 Å². The second kappa shape index (κ2) is 14.0. The van der Waals surface area contributed by atoms with Crippen LogP contribution >= 0.6 is 24.0 Å². The van der Waals surface area contributed by atoms with Crippen molar-refractivity contribution in [1.29, 1.82) is 0 Å². The van der Waals surface area contributed by atoms with Gasteiger partial charge in [0.2, 0.25) is 0 Å². The highest BCUT2D eigenvalue weighted by molar-refractivity contribution is 14.0. The quantitative estimate of drug-likeness (QED) is 0.317. The minimum absolute atomic E-state index is 0. The van der Waals surface area contributed by atoms with Crippen LogP contribution < -0.4 is 15.4 Å². The lowest BCUT2D eigenvalue weighted by Crippen LogP contribution is -2.39. The Morgan fingerprint density at radius 3 is 2.74 bits per heavy atom. The number of hydrogen-bond donors (Lipinski definition) is 2. The molecule has 2 N–H and O–H groups in total. The molecule has 6 nitrogen and oxygen atoms in total. The number of guanidine groups is 1. The summed E-state index contributed by atoms with van der Waals surface area (Å²) in [5, 5.41) is 6.65. The summed E-state index contributed by atoms with van der Waals surface area (Å²) in [5.74, 6) is 2.35. The lowest BCUT2D eigenvalue weighted by Gasteiger charge is -2.26. The van der Waals surface area contributed by atoms with Gasteiger partial charge in [0.25, 0.3) is 0 Å². The lowest BCUT2D eigenvalue weighted by molar-refractivity contribution is 0.0322. The van der Waals surface area contributed by atoms with Crippen molar-refractivity contribution in [2.24, 2.45) is 10.9 Å². The van der Waals surface area contributed by atoms with Gasteiger partial charge in [0, 0.05) is 32.7 Å². The highest BCUT2D eigenvalue weighted by Gasteiger charge is 2.09. The van der Waals surface area contributed by atoms with Crippen molar-refractivity contribution in [2.45, 2.75) is 27.3 Å². The minimum atomic E-state index is 0. The zero-order valence-electron chi connectivity index (χ0n) is 16.9. The second-order valence-corrected chi connectivity index (χ2v) is 6.92. The average Bonchev–Trinajstić information content (AvgIpc) is 2.65. The van der Waals surface area contributed by atoms with E-state index < -0.39 is 0 Å². The highest BCUT2D eigenvalue weighted by atomic mass is 127. The Hall–Kier alpha value is -1.06. The van der Waals surface area contributed by atoms with Gasteiger partial charge in [0.05, 0.1) is 19.8 Å². The predicted octanol–water partition coefficient (Wildman–Crippen LogP) is 2.73. The van der Waals surface area contributed by atoms with Gasteiger partial charge in [-0.05, 0) is 30.5 Å². The predicted molar refractivity (Wildman–Crippen MR) is 122 cm³/mol. The normalized spacial score (nSPS) is 15.3. The Kier molecular flexibility index (Phi) is 12.4. The van der Waals surface area contributed by atoms with Gasteiger partial charge in [-0.15, -0.1) is 24.0 Å². The summed E-state index contributed by atoms with van der Waals surface area (Å²) in [6.45, 7) is 14.1. The molecule has 0 atom stereocenters. The maximum absolute atomic E-state index is 5.92. The van der Waals surface area contributed by atoms with E-state index in [2.05, 4.69) is 53.4 Å². The summed E-state index contributed by atoms with van der Waals surface area (Å²) in [6, 6.07) is 8.21. The summed E-state index contributed by atoms with van der Waals surface area (Å²) in [5.41, 5.74) is 1.15. The van der Waals surface area contributed by atoms with Gasteiger partial charge in [-0.3, -0.25) is 4.90 Å². The molecular formula is C20H35IN4O2. The number of nitrogens with one attached hydrogen (secondary N) is 2. The van der Waals surface area contributed by atoms with Crippen LogP contribution in [0.1, 0.15) is 26.3 Å². The van der Waals surface area contributed by atoms with Crippen LogP contribution in [0.3, 0.4) is 0 Å². The molecule has 1 fully saturated rings. The molecule has 0 aromatic heterocycles. The van der Waals surface area contributed by atoms with Gasteiger partial charge in [-0.25, -0.2) is 4.99 Å². The Morgan fingerprint density at radius 2 is 2.04 bits per heavy atom. The number of morpholine rings is 1. The molecule has 0 radical (unpaired) electrons. The zero-order chi connectivity index (χ0) is 18.6. The number of benzene rings is 1. The fourth-order valence-electron chi connectivity index (χ4n) is 2.66. The molecule has 1 saturated heterocycles. The molecule has 1 aromatic carbocycles. The first-order valence-electron chi connectivity index (χ1n) is 9.71. The molecule has 1 aliphatic rings. The van der Waals surface area contributed by atoms with Crippen LogP contribution in [0.5, 0.6) is 5.75 Å². The van der Waals surface area contributed by atoms with Crippen LogP contribution in [0.25, 0.3) is 0 Å². The van der Waals surface area contributed by atoms with Gasteiger partial charge in [-0.1, -0.05) is 26.0 Å². The fourth-order valence-corrected chi connectivity index (χ4v) is 2.66.